The number of hydrogen-bond acceptors (Lipinski definition) is 4. The second-order valence-corrected chi connectivity index (χ2v) is 6.74. The molecule has 0 aromatic heterocycles. The summed E-state index contributed by atoms with van der Waals surface area (Å²) in [4.78, 5) is 14.4. The van der Waals surface area contributed by atoms with E-state index in [9.17, 15) is 9.18 Å². The molecular weight excluding hydrogens is 347 g/mol. The summed E-state index contributed by atoms with van der Waals surface area (Å²) >= 11 is 0. The predicted octanol–water partition coefficient (Wildman–Crippen LogP) is 3.05. The first kappa shape index (κ1) is 19.2. The molecule has 0 radical (unpaired) electrons. The van der Waals surface area contributed by atoms with Gasteiger partial charge in [0.15, 0.2) is 0 Å². The highest BCUT2D eigenvalue weighted by atomic mass is 19.1. The van der Waals surface area contributed by atoms with Gasteiger partial charge in [0.25, 0.3) is 0 Å². The number of anilines is 1. The van der Waals surface area contributed by atoms with E-state index in [-0.39, 0.29) is 17.8 Å². The van der Waals surface area contributed by atoms with Gasteiger partial charge >= 0.3 is 0 Å². The molecule has 144 valence electrons. The highest BCUT2D eigenvalue weighted by Crippen LogP contribution is 2.36. The quantitative estimate of drug-likeness (QED) is 0.759. The van der Waals surface area contributed by atoms with Crippen LogP contribution in [0.4, 0.5) is 10.1 Å². The van der Waals surface area contributed by atoms with Gasteiger partial charge in [-0.3, -0.25) is 4.79 Å². The fraction of sp³-hybridized carbons (Fsp3) is 0.381. The van der Waals surface area contributed by atoms with Crippen LogP contribution in [0, 0.1) is 12.7 Å². The van der Waals surface area contributed by atoms with Crippen LogP contribution >= 0.6 is 0 Å². The van der Waals surface area contributed by atoms with Crippen molar-refractivity contribution in [2.75, 3.05) is 31.8 Å². The van der Waals surface area contributed by atoms with Gasteiger partial charge in [-0.25, -0.2) is 4.39 Å². The van der Waals surface area contributed by atoms with E-state index in [4.69, 9.17) is 9.47 Å². The van der Waals surface area contributed by atoms with E-state index in [0.29, 0.717) is 38.5 Å². The van der Waals surface area contributed by atoms with Crippen LogP contribution < -0.4 is 15.0 Å². The molecule has 3 rings (SSSR count). The number of benzene rings is 2. The number of fused-ring (bicyclic) bond motifs is 1. The Morgan fingerprint density at radius 2 is 2.07 bits per heavy atom. The first-order chi connectivity index (χ1) is 13.1. The minimum absolute atomic E-state index is 0.0554. The smallest absolute Gasteiger partial charge is 0.222 e. The summed E-state index contributed by atoms with van der Waals surface area (Å²) in [5.74, 6) is 0.123. The number of nitrogens with one attached hydrogen (secondary N) is 1. The third-order valence-electron chi connectivity index (χ3n) is 4.63. The van der Waals surface area contributed by atoms with Crippen LogP contribution in [0.1, 0.15) is 17.5 Å². The molecule has 0 saturated carbocycles. The molecule has 0 bridgehead atoms. The summed E-state index contributed by atoms with van der Waals surface area (Å²) in [5, 5.41) is 2.85. The van der Waals surface area contributed by atoms with Crippen LogP contribution in [0.3, 0.4) is 0 Å². The van der Waals surface area contributed by atoms with E-state index in [2.05, 4.69) is 34.5 Å². The maximum absolute atomic E-state index is 13.6. The van der Waals surface area contributed by atoms with Gasteiger partial charge in [-0.15, -0.1) is 0 Å². The summed E-state index contributed by atoms with van der Waals surface area (Å²) in [6.45, 7) is 3.95. The average molecular weight is 372 g/mol. The number of amides is 1. The molecule has 1 atom stereocenters. The SMILES string of the molecule is COCCNC(=O)C[C@@H]1COc2cc(F)ccc2N1Cc1ccc(C)cc1. The molecule has 0 spiro atoms. The normalized spacial score (nSPS) is 15.8. The molecule has 1 N–H and O–H groups in total. The van der Waals surface area contributed by atoms with Gasteiger partial charge in [-0.2, -0.15) is 0 Å². The molecule has 0 aliphatic carbocycles. The third kappa shape index (κ3) is 4.98. The highest BCUT2D eigenvalue weighted by molar-refractivity contribution is 5.77. The van der Waals surface area contributed by atoms with Crippen molar-refractivity contribution in [2.24, 2.45) is 0 Å². The van der Waals surface area contributed by atoms with Gasteiger partial charge < -0.3 is 19.7 Å². The standard InChI is InChI=1S/C21H25FN2O3/c1-15-3-5-16(6-4-15)13-24-18(12-21(25)23-9-10-26-2)14-27-20-11-17(22)7-8-19(20)24/h3-8,11,18H,9-10,12-14H2,1-2H3,(H,23,25)/t18-/m1/s1. The first-order valence-corrected chi connectivity index (χ1v) is 9.07. The van der Waals surface area contributed by atoms with Crippen LogP contribution in [0.2, 0.25) is 0 Å². The van der Waals surface area contributed by atoms with Gasteiger partial charge in [-0.05, 0) is 24.6 Å². The lowest BCUT2D eigenvalue weighted by Crippen LogP contribution is -2.45. The minimum Gasteiger partial charge on any atom is -0.489 e. The zero-order valence-corrected chi connectivity index (χ0v) is 15.7. The molecular formula is C21H25FN2O3. The largest absolute Gasteiger partial charge is 0.489 e. The fourth-order valence-electron chi connectivity index (χ4n) is 3.17. The van der Waals surface area contributed by atoms with E-state index in [1.54, 1.807) is 13.2 Å². The molecule has 2 aromatic rings. The fourth-order valence-corrected chi connectivity index (χ4v) is 3.17. The Labute approximate surface area is 159 Å². The van der Waals surface area contributed by atoms with Crippen LogP contribution in [0.15, 0.2) is 42.5 Å². The summed E-state index contributed by atoms with van der Waals surface area (Å²) in [6.07, 6.45) is 0.298. The van der Waals surface area contributed by atoms with Crippen LogP contribution in [0.25, 0.3) is 0 Å². The number of aryl methyl sites for hydroxylation is 1. The van der Waals surface area contributed by atoms with Crippen molar-refractivity contribution in [3.63, 3.8) is 0 Å². The van der Waals surface area contributed by atoms with Gasteiger partial charge in [0.1, 0.15) is 18.2 Å². The van der Waals surface area contributed by atoms with Crippen LogP contribution in [0.5, 0.6) is 5.75 Å². The molecule has 5 nitrogen and oxygen atoms in total. The van der Waals surface area contributed by atoms with Crippen LogP contribution in [-0.2, 0) is 16.1 Å². The molecule has 0 unspecified atom stereocenters. The molecule has 1 aliphatic heterocycles. The lowest BCUT2D eigenvalue weighted by Gasteiger charge is -2.38. The molecule has 27 heavy (non-hydrogen) atoms. The maximum Gasteiger partial charge on any atom is 0.222 e. The average Bonchev–Trinajstić information content (AvgIpc) is 2.65. The lowest BCUT2D eigenvalue weighted by atomic mass is 10.1. The number of hydrogen-bond donors (Lipinski definition) is 1. The van der Waals surface area contributed by atoms with Crippen molar-refractivity contribution in [1.82, 2.24) is 5.32 Å². The van der Waals surface area contributed by atoms with E-state index in [1.165, 1.54) is 17.7 Å². The van der Waals surface area contributed by atoms with Gasteiger partial charge in [0, 0.05) is 26.3 Å². The Morgan fingerprint density at radius 1 is 1.30 bits per heavy atom. The Kier molecular flexibility index (Phi) is 6.29. The minimum atomic E-state index is -0.334. The number of methoxy groups -OCH3 is 1. The monoisotopic (exact) mass is 372 g/mol. The van der Waals surface area contributed by atoms with Crippen molar-refractivity contribution in [3.8, 4) is 5.75 Å². The van der Waals surface area contributed by atoms with Crippen molar-refractivity contribution < 1.29 is 18.7 Å². The van der Waals surface area contributed by atoms with Crippen molar-refractivity contribution >= 4 is 11.6 Å². The molecule has 1 amide bonds. The number of rotatable bonds is 7. The second-order valence-electron chi connectivity index (χ2n) is 6.74. The summed E-state index contributed by atoms with van der Waals surface area (Å²) in [5.41, 5.74) is 3.12. The molecule has 1 aliphatic rings. The first-order valence-electron chi connectivity index (χ1n) is 9.07. The maximum atomic E-state index is 13.6. The molecule has 6 heteroatoms. The van der Waals surface area contributed by atoms with Crippen molar-refractivity contribution in [2.45, 2.75) is 25.9 Å². The molecule has 1 heterocycles. The number of carbonyl (C=O) groups excluding carboxylic acids is 1. The Morgan fingerprint density at radius 3 is 2.81 bits per heavy atom. The Balaban J connectivity index is 1.79. The van der Waals surface area contributed by atoms with Gasteiger partial charge in [0.2, 0.25) is 5.91 Å². The second kappa shape index (κ2) is 8.86. The summed E-state index contributed by atoms with van der Waals surface area (Å²) in [6, 6.07) is 12.7. The van der Waals surface area contributed by atoms with Gasteiger partial charge in [0.05, 0.1) is 24.8 Å². The molecule has 0 fully saturated rings. The number of nitrogens with zero attached hydrogens (tertiary/aromatic N) is 1. The zero-order chi connectivity index (χ0) is 19.2. The van der Waals surface area contributed by atoms with E-state index in [1.807, 2.05) is 6.92 Å². The number of carbonyl (C=O) groups is 1. The topological polar surface area (TPSA) is 50.8 Å². The third-order valence-corrected chi connectivity index (χ3v) is 4.63. The van der Waals surface area contributed by atoms with E-state index >= 15 is 0 Å². The van der Waals surface area contributed by atoms with Crippen LogP contribution in [-0.4, -0.2) is 38.8 Å². The molecule has 2 aromatic carbocycles. The van der Waals surface area contributed by atoms with Crippen molar-refractivity contribution in [1.29, 1.82) is 0 Å². The van der Waals surface area contributed by atoms with E-state index in [0.717, 1.165) is 11.3 Å². The highest BCUT2D eigenvalue weighted by Gasteiger charge is 2.29. The summed E-state index contributed by atoms with van der Waals surface area (Å²) < 4.78 is 24.3. The zero-order valence-electron chi connectivity index (χ0n) is 15.7. The Bertz CT molecular complexity index is 779. The number of halogens is 1. The predicted molar refractivity (Wildman–Crippen MR) is 103 cm³/mol. The number of ether oxygens (including phenoxy) is 2. The van der Waals surface area contributed by atoms with E-state index < -0.39 is 0 Å². The lowest BCUT2D eigenvalue weighted by molar-refractivity contribution is -0.121. The molecule has 0 saturated heterocycles. The van der Waals surface area contributed by atoms with Crippen molar-refractivity contribution in [3.05, 3.63) is 59.4 Å². The Hall–Kier alpha value is -2.60. The van der Waals surface area contributed by atoms with Gasteiger partial charge in [-0.1, -0.05) is 29.8 Å². The summed E-state index contributed by atoms with van der Waals surface area (Å²) in [7, 11) is 1.60.